The Morgan fingerprint density at radius 3 is 1.39 bits per heavy atom. The van der Waals surface area contributed by atoms with E-state index in [1.807, 2.05) is 10.6 Å². The molecule has 38 heteroatoms. The maximum atomic E-state index is 14.5. The Hall–Kier alpha value is -10.4. The monoisotopic (exact) mass is 1380 g/mol. The first kappa shape index (κ1) is 82.7. The lowest BCUT2D eigenvalue weighted by Crippen LogP contribution is -2.62. The summed E-state index contributed by atoms with van der Waals surface area (Å²) in [6, 6.07) is -13.8. The van der Waals surface area contributed by atoms with Crippen LogP contribution in [0.15, 0.2) is 30.3 Å². The number of aliphatic hydroxyl groups excluding tert-OH is 1. The molecule has 1 aliphatic heterocycles. The molecular weight excluding hydrogens is 1290 g/mol. The highest BCUT2D eigenvalue weighted by Gasteiger charge is 2.43. The molecule has 21 N–H and O–H groups in total. The normalized spacial score (nSPS) is 16.6. The number of carbonyl (C=O) groups excluding carboxylic acids is 12. The molecule has 2 rings (SSSR count). The minimum atomic E-state index is -2.19. The molecule has 0 aliphatic carbocycles. The fourth-order valence-corrected chi connectivity index (χ4v) is 9.64. The predicted molar refractivity (Wildman–Crippen MR) is 330 cm³/mol. The third kappa shape index (κ3) is 29.0. The number of rotatable bonds is 43. The van der Waals surface area contributed by atoms with Crippen LogP contribution in [0.25, 0.3) is 0 Å². The molecule has 0 radical (unpaired) electrons. The Morgan fingerprint density at radius 1 is 0.495 bits per heavy atom. The second-order valence-electron chi connectivity index (χ2n) is 23.5. The Kier molecular flexibility index (Phi) is 34.2. The number of nitrogens with two attached hydrogens (primary N) is 2. The zero-order chi connectivity index (χ0) is 73.7. The first-order valence-electron chi connectivity index (χ1n) is 30.7. The van der Waals surface area contributed by atoms with Crippen molar-refractivity contribution in [3.63, 3.8) is 0 Å². The fraction of sp³-hybridized carbons (Fsp3) is 0.593. The van der Waals surface area contributed by atoms with E-state index in [0.29, 0.717) is 12.0 Å². The molecule has 1 fully saturated rings. The Morgan fingerprint density at radius 2 is 0.928 bits per heavy atom. The zero-order valence-corrected chi connectivity index (χ0v) is 54.0. The summed E-state index contributed by atoms with van der Waals surface area (Å²) < 4.78 is 0. The maximum Gasteiger partial charge on any atom is 0.325 e. The summed E-state index contributed by atoms with van der Waals surface area (Å²) in [7, 11) is 0. The highest BCUT2D eigenvalue weighted by atomic mass is 16.4. The third-order valence-electron chi connectivity index (χ3n) is 15.0. The van der Waals surface area contributed by atoms with E-state index in [2.05, 4.69) is 42.5 Å². The maximum absolute atomic E-state index is 14.5. The molecule has 538 valence electrons. The summed E-state index contributed by atoms with van der Waals surface area (Å²) in [5.74, 6) is -25.2. The SMILES string of the molecule is CC[C@H](C)[C@H](NC(=O)[C@@H](NC(=O)[C@@H]1CCCN1C(=O)[C@H](CC(N)=O)NC(=O)[C@H](Cc1ccccc1)NC(=O)[C@H](CC(=O)O)NC(=O)[C@H](CCC(=O)O)NC(=O)[C@H](CC(C)C)NC(=O)[C@H](CC(=O)O)NC(=O)[C@H](CC(=O)O)NC(=O)[C@@H](N)CCC(=O)O)[C@@H](C)O)C(=O)N[C@@H](C)C(=O)O. The van der Waals surface area contributed by atoms with Gasteiger partial charge < -0.3 is 105 Å². The number of amides is 12. The zero-order valence-electron chi connectivity index (χ0n) is 54.0. The van der Waals surface area contributed by atoms with Gasteiger partial charge in [-0.2, -0.15) is 0 Å². The molecule has 0 saturated carbocycles. The van der Waals surface area contributed by atoms with Crippen molar-refractivity contribution in [1.29, 1.82) is 0 Å². The molecule has 0 bridgehead atoms. The summed E-state index contributed by atoms with van der Waals surface area (Å²) in [6.07, 6.45) is -9.46. The van der Waals surface area contributed by atoms with Crippen LogP contribution in [0.5, 0.6) is 0 Å². The van der Waals surface area contributed by atoms with Crippen LogP contribution in [0, 0.1) is 11.8 Å². The van der Waals surface area contributed by atoms with E-state index in [0.717, 1.165) is 11.8 Å². The minimum absolute atomic E-state index is 0.0779. The number of hydrogen-bond acceptors (Lipinski definition) is 20. The number of carboxylic acid groups (broad SMARTS) is 6. The van der Waals surface area contributed by atoms with Gasteiger partial charge in [-0.05, 0) is 63.4 Å². The molecule has 97 heavy (non-hydrogen) atoms. The van der Waals surface area contributed by atoms with Gasteiger partial charge in [0.1, 0.15) is 66.5 Å². The molecule has 38 nitrogen and oxygen atoms in total. The minimum Gasteiger partial charge on any atom is -0.481 e. The molecule has 1 saturated heterocycles. The van der Waals surface area contributed by atoms with Crippen molar-refractivity contribution in [2.75, 3.05) is 6.54 Å². The van der Waals surface area contributed by atoms with Crippen molar-refractivity contribution in [2.45, 2.75) is 204 Å². The van der Waals surface area contributed by atoms with Crippen LogP contribution in [0.4, 0.5) is 0 Å². The molecule has 14 atom stereocenters. The van der Waals surface area contributed by atoms with E-state index in [1.165, 1.54) is 45.0 Å². The van der Waals surface area contributed by atoms with Crippen LogP contribution in [0.2, 0.25) is 0 Å². The van der Waals surface area contributed by atoms with Gasteiger partial charge in [-0.15, -0.1) is 0 Å². The topological polar surface area (TPSA) is 624 Å². The number of aliphatic hydroxyl groups is 1. The van der Waals surface area contributed by atoms with Gasteiger partial charge in [0.05, 0.1) is 37.8 Å². The van der Waals surface area contributed by atoms with Crippen molar-refractivity contribution in [3.8, 4) is 0 Å². The van der Waals surface area contributed by atoms with Crippen molar-refractivity contribution >= 4 is 107 Å². The van der Waals surface area contributed by atoms with Crippen LogP contribution in [-0.4, -0.2) is 232 Å². The summed E-state index contributed by atoms with van der Waals surface area (Å²) in [6.45, 7) is 8.45. The highest BCUT2D eigenvalue weighted by molar-refractivity contribution is 6.01. The number of carbonyl (C=O) groups is 18. The highest BCUT2D eigenvalue weighted by Crippen LogP contribution is 2.21. The molecule has 1 aliphatic rings. The van der Waals surface area contributed by atoms with E-state index in [9.17, 15) is 117 Å². The average molecular weight is 1380 g/mol. The van der Waals surface area contributed by atoms with Gasteiger partial charge in [0.15, 0.2) is 0 Å². The number of primary amides is 1. The Labute approximate surface area is 554 Å². The van der Waals surface area contributed by atoms with Crippen LogP contribution in [0.1, 0.15) is 124 Å². The Bertz CT molecular complexity index is 3060. The van der Waals surface area contributed by atoms with Crippen LogP contribution in [0.3, 0.4) is 0 Å². The number of likely N-dealkylation sites (tertiary alicyclic amines) is 1. The van der Waals surface area contributed by atoms with Gasteiger partial charge in [0.2, 0.25) is 70.9 Å². The number of aliphatic carboxylic acids is 6. The third-order valence-corrected chi connectivity index (χ3v) is 15.0. The first-order valence-corrected chi connectivity index (χ1v) is 30.7. The average Bonchev–Trinajstić information content (AvgIpc) is 1.74. The lowest BCUT2D eigenvalue weighted by atomic mass is 9.97. The van der Waals surface area contributed by atoms with Crippen LogP contribution >= 0.6 is 0 Å². The smallest absolute Gasteiger partial charge is 0.325 e. The van der Waals surface area contributed by atoms with E-state index >= 15 is 0 Å². The summed E-state index contributed by atoms with van der Waals surface area (Å²) >= 11 is 0. The molecule has 0 spiro atoms. The number of carboxylic acids is 6. The second-order valence-corrected chi connectivity index (χ2v) is 23.5. The molecule has 1 aromatic carbocycles. The molecule has 12 amide bonds. The lowest BCUT2D eigenvalue weighted by molar-refractivity contribution is -0.144. The molecule has 0 unspecified atom stereocenters. The largest absolute Gasteiger partial charge is 0.481 e. The van der Waals surface area contributed by atoms with Crippen molar-refractivity contribution in [1.82, 2.24) is 58.1 Å². The van der Waals surface area contributed by atoms with Gasteiger partial charge in [0.25, 0.3) is 0 Å². The van der Waals surface area contributed by atoms with E-state index < -0.39 is 255 Å². The molecular formula is C59H87N13O25. The second kappa shape index (κ2) is 40.1. The summed E-state index contributed by atoms with van der Waals surface area (Å²) in [4.78, 5) is 236. The standard InChI is InChI=1S/C59H87N13O25/c1-7-27(4)46(56(93)62-28(5)59(96)97)70-57(94)47(29(6)73)71-55(92)39-14-11-19-72(39)58(95)38(22-40(61)74)69-51(88)34(21-30-12-9-8-10-13-30)66-54(91)36(24-44(81)82)67-49(86)32(16-18-42(77)78)63-50(87)33(20-26(2)3)65-53(90)37(25-45(83)84)68-52(89)35(23-43(79)80)64-48(85)31(60)15-17-41(75)76/h8-10,12-13,26-29,31-39,46-47,73H,7,11,14-25,60H2,1-6H3,(H2,61,74)(H,62,93)(H,63,87)(H,64,85)(H,65,90)(H,66,91)(H,67,86)(H,68,89)(H,69,88)(H,70,94)(H,71,92)(H,75,76)(H,77,78)(H,79,80)(H,81,82)(H,83,84)(H,96,97)/t27-,28-,29+,31-,32-,33-,34-,35-,36-,37-,38-,39-,46-,47-/m0/s1. The van der Waals surface area contributed by atoms with E-state index in [1.54, 1.807) is 19.9 Å². The molecule has 1 heterocycles. The number of hydrogen-bond donors (Lipinski definition) is 19. The molecule has 1 aromatic rings. The predicted octanol–water partition coefficient (Wildman–Crippen LogP) is -6.00. The number of nitrogens with one attached hydrogen (secondary N) is 10. The van der Waals surface area contributed by atoms with Crippen molar-refractivity contribution in [2.24, 2.45) is 23.3 Å². The number of nitrogens with zero attached hydrogens (tertiary/aromatic N) is 1. The van der Waals surface area contributed by atoms with Crippen LogP contribution < -0.4 is 64.6 Å². The van der Waals surface area contributed by atoms with Crippen molar-refractivity contribution < 1.29 is 122 Å². The van der Waals surface area contributed by atoms with Crippen molar-refractivity contribution in [3.05, 3.63) is 35.9 Å². The lowest BCUT2D eigenvalue weighted by Gasteiger charge is -2.31. The van der Waals surface area contributed by atoms with Gasteiger partial charge in [-0.25, -0.2) is 0 Å². The first-order chi connectivity index (χ1) is 45.3. The number of benzene rings is 1. The summed E-state index contributed by atoms with van der Waals surface area (Å²) in [5, 5.41) is 90.0. The Balaban J connectivity index is 2.53. The van der Waals surface area contributed by atoms with Gasteiger partial charge in [0, 0.05) is 25.8 Å². The van der Waals surface area contributed by atoms with Gasteiger partial charge >= 0.3 is 35.8 Å². The van der Waals surface area contributed by atoms with Gasteiger partial charge in [-0.1, -0.05) is 64.4 Å². The van der Waals surface area contributed by atoms with Gasteiger partial charge in [-0.3, -0.25) is 86.3 Å². The molecule has 0 aromatic heterocycles. The quantitative estimate of drug-likeness (QED) is 0.0289. The van der Waals surface area contributed by atoms with Crippen LogP contribution in [-0.2, 0) is 92.7 Å². The summed E-state index contributed by atoms with van der Waals surface area (Å²) in [5.41, 5.74) is 11.5. The van der Waals surface area contributed by atoms with E-state index in [4.69, 9.17) is 16.6 Å². The van der Waals surface area contributed by atoms with E-state index in [-0.39, 0.29) is 25.8 Å². The fourth-order valence-electron chi connectivity index (χ4n) is 9.64.